The fraction of sp³-hybridized carbons (Fsp3) is 0. The number of para-hydroxylation sites is 2. The Kier molecular flexibility index (Phi) is 5.42. The largest absolute Gasteiger partial charge is 0.244 e. The number of thiophene rings is 2. The lowest BCUT2D eigenvalue weighted by atomic mass is 9.93. The van der Waals surface area contributed by atoms with Crippen LogP contribution in [0.1, 0.15) is 0 Å². The third-order valence-corrected chi connectivity index (χ3v) is 12.0. The Labute approximate surface area is 282 Å². The van der Waals surface area contributed by atoms with Crippen LogP contribution < -0.4 is 0 Å². The van der Waals surface area contributed by atoms with Crippen molar-refractivity contribution in [3.8, 4) is 22.8 Å². The molecule has 7 aromatic carbocycles. The zero-order valence-electron chi connectivity index (χ0n) is 25.4. The first-order chi connectivity index (χ1) is 23.8. The SMILES string of the molecule is c1ccc2c(-c3ccc4sc5ccccc5c4c3)nc(-c3nc4ccccc4c4c5sc6ccccc6c5c5ccccc5c34)nc2c1. The van der Waals surface area contributed by atoms with E-state index in [1.54, 1.807) is 0 Å². The van der Waals surface area contributed by atoms with Gasteiger partial charge in [0, 0.05) is 67.5 Å². The third kappa shape index (κ3) is 3.66. The molecular formula is C43H23N3S2. The van der Waals surface area contributed by atoms with E-state index in [-0.39, 0.29) is 0 Å². The molecule has 11 aromatic rings. The topological polar surface area (TPSA) is 38.7 Å². The maximum Gasteiger partial charge on any atom is 0.180 e. The Morgan fingerprint density at radius 2 is 0.938 bits per heavy atom. The minimum Gasteiger partial charge on any atom is -0.244 e. The van der Waals surface area contributed by atoms with E-state index in [1.165, 1.54) is 56.5 Å². The molecule has 0 unspecified atom stereocenters. The highest BCUT2D eigenvalue weighted by Gasteiger charge is 2.22. The summed E-state index contributed by atoms with van der Waals surface area (Å²) in [7, 11) is 0. The van der Waals surface area contributed by atoms with Gasteiger partial charge in [0.2, 0.25) is 0 Å². The van der Waals surface area contributed by atoms with Crippen molar-refractivity contribution >= 4 is 106 Å². The quantitative estimate of drug-likeness (QED) is 0.176. The molecule has 0 amide bonds. The van der Waals surface area contributed by atoms with Gasteiger partial charge in [-0.05, 0) is 47.2 Å². The van der Waals surface area contributed by atoms with Crippen LogP contribution in [0.5, 0.6) is 0 Å². The van der Waals surface area contributed by atoms with Crippen LogP contribution in [0.15, 0.2) is 140 Å². The lowest BCUT2D eigenvalue weighted by Gasteiger charge is -2.15. The Bertz CT molecular complexity index is 3140. The standard InChI is InChI=1S/C43H23N3S2/c1-2-13-27-26(12-1)37-30-16-6-10-20-35(30)48-42(37)39-28-14-3-7-17-32(28)44-41(38(27)39)43-45-33-18-8-4-15-29(33)40(46-43)24-21-22-36-31(23-24)25-11-5-9-19-34(25)47-36/h1-23H. The van der Waals surface area contributed by atoms with Crippen molar-refractivity contribution in [3.05, 3.63) is 140 Å². The summed E-state index contributed by atoms with van der Waals surface area (Å²) in [5.74, 6) is 0.639. The summed E-state index contributed by atoms with van der Waals surface area (Å²) in [5, 5.41) is 12.0. The van der Waals surface area contributed by atoms with Crippen molar-refractivity contribution in [2.24, 2.45) is 0 Å². The molecule has 0 N–H and O–H groups in total. The number of hydrogen-bond donors (Lipinski definition) is 0. The van der Waals surface area contributed by atoms with Gasteiger partial charge in [0.05, 0.1) is 16.7 Å². The molecule has 222 valence electrons. The van der Waals surface area contributed by atoms with Crippen molar-refractivity contribution in [1.29, 1.82) is 0 Å². The lowest BCUT2D eigenvalue weighted by molar-refractivity contribution is 1.21. The summed E-state index contributed by atoms with van der Waals surface area (Å²) in [6, 6.07) is 49.8. The maximum absolute atomic E-state index is 5.43. The summed E-state index contributed by atoms with van der Waals surface area (Å²) in [6.07, 6.45) is 0. The number of fused-ring (bicyclic) bond motifs is 14. The molecule has 11 rings (SSSR count). The van der Waals surface area contributed by atoms with Gasteiger partial charge in [-0.25, -0.2) is 15.0 Å². The minimum atomic E-state index is 0.639. The van der Waals surface area contributed by atoms with Crippen LogP contribution in [0.25, 0.3) is 106 Å². The average molecular weight is 646 g/mol. The molecular weight excluding hydrogens is 623 g/mol. The highest BCUT2D eigenvalue weighted by Crippen LogP contribution is 2.48. The molecule has 0 aliphatic carbocycles. The molecule has 0 bridgehead atoms. The zero-order chi connectivity index (χ0) is 31.3. The molecule has 4 aromatic heterocycles. The number of pyridine rings is 1. The average Bonchev–Trinajstić information content (AvgIpc) is 3.72. The highest BCUT2D eigenvalue weighted by atomic mass is 32.1. The fourth-order valence-corrected chi connectivity index (χ4v) is 9.92. The van der Waals surface area contributed by atoms with Crippen molar-refractivity contribution in [1.82, 2.24) is 15.0 Å². The van der Waals surface area contributed by atoms with E-state index in [0.717, 1.165) is 44.1 Å². The third-order valence-electron chi connectivity index (χ3n) is 9.65. The van der Waals surface area contributed by atoms with E-state index in [0.29, 0.717) is 5.82 Å². The Hall–Kier alpha value is -5.75. The number of hydrogen-bond acceptors (Lipinski definition) is 5. The van der Waals surface area contributed by atoms with Crippen LogP contribution in [0, 0.1) is 0 Å². The molecule has 0 saturated heterocycles. The molecule has 4 heterocycles. The first-order valence-electron chi connectivity index (χ1n) is 16.0. The van der Waals surface area contributed by atoms with Crippen LogP contribution in [0.3, 0.4) is 0 Å². The molecule has 0 aliphatic rings. The van der Waals surface area contributed by atoms with E-state index in [2.05, 4.69) is 140 Å². The van der Waals surface area contributed by atoms with Crippen LogP contribution >= 0.6 is 22.7 Å². The second-order valence-electron chi connectivity index (χ2n) is 12.3. The van der Waals surface area contributed by atoms with Crippen LogP contribution in [0.2, 0.25) is 0 Å². The molecule has 0 radical (unpaired) electrons. The fourth-order valence-electron chi connectivity index (χ4n) is 7.56. The van der Waals surface area contributed by atoms with Crippen molar-refractivity contribution in [2.45, 2.75) is 0 Å². The van der Waals surface area contributed by atoms with E-state index >= 15 is 0 Å². The number of aromatic nitrogens is 3. The Morgan fingerprint density at radius 3 is 1.73 bits per heavy atom. The predicted octanol–water partition coefficient (Wildman–Crippen LogP) is 12.6. The first kappa shape index (κ1) is 26.3. The smallest absolute Gasteiger partial charge is 0.180 e. The number of rotatable bonds is 2. The monoisotopic (exact) mass is 645 g/mol. The second kappa shape index (κ2) is 9.88. The van der Waals surface area contributed by atoms with Gasteiger partial charge in [0.15, 0.2) is 5.82 Å². The predicted molar refractivity (Wildman–Crippen MR) is 207 cm³/mol. The second-order valence-corrected chi connectivity index (χ2v) is 14.4. The Morgan fingerprint density at radius 1 is 0.354 bits per heavy atom. The highest BCUT2D eigenvalue weighted by molar-refractivity contribution is 7.27. The van der Waals surface area contributed by atoms with Crippen molar-refractivity contribution in [2.75, 3.05) is 0 Å². The summed E-state index contributed by atoms with van der Waals surface area (Å²) in [4.78, 5) is 16.1. The zero-order valence-corrected chi connectivity index (χ0v) is 27.1. The van der Waals surface area contributed by atoms with Crippen LogP contribution in [-0.2, 0) is 0 Å². The first-order valence-corrected chi connectivity index (χ1v) is 17.7. The maximum atomic E-state index is 5.43. The molecule has 3 nitrogen and oxygen atoms in total. The van der Waals surface area contributed by atoms with Gasteiger partial charge in [-0.1, -0.05) is 103 Å². The number of nitrogens with zero attached hydrogens (tertiary/aromatic N) is 3. The number of benzene rings is 7. The van der Waals surface area contributed by atoms with Gasteiger partial charge in [-0.15, -0.1) is 22.7 Å². The molecule has 0 atom stereocenters. The van der Waals surface area contributed by atoms with E-state index < -0.39 is 0 Å². The lowest BCUT2D eigenvalue weighted by Crippen LogP contribution is -1.99. The van der Waals surface area contributed by atoms with Gasteiger partial charge in [-0.3, -0.25) is 0 Å². The van der Waals surface area contributed by atoms with Crippen LogP contribution in [0.4, 0.5) is 0 Å². The minimum absolute atomic E-state index is 0.639. The van der Waals surface area contributed by atoms with Gasteiger partial charge in [0.1, 0.15) is 5.69 Å². The molecule has 48 heavy (non-hydrogen) atoms. The molecule has 0 saturated carbocycles. The van der Waals surface area contributed by atoms with E-state index in [9.17, 15) is 0 Å². The van der Waals surface area contributed by atoms with Crippen molar-refractivity contribution in [3.63, 3.8) is 0 Å². The molecule has 0 spiro atoms. The van der Waals surface area contributed by atoms with Crippen molar-refractivity contribution < 1.29 is 0 Å². The van der Waals surface area contributed by atoms with Gasteiger partial charge in [-0.2, -0.15) is 0 Å². The van der Waals surface area contributed by atoms with E-state index in [4.69, 9.17) is 15.0 Å². The molecule has 5 heteroatoms. The summed E-state index contributed by atoms with van der Waals surface area (Å²) >= 11 is 3.70. The normalized spacial score (nSPS) is 12.2. The van der Waals surface area contributed by atoms with Gasteiger partial charge in [0.25, 0.3) is 0 Å². The summed E-state index contributed by atoms with van der Waals surface area (Å²) in [5.41, 5.74) is 4.66. The molecule has 0 aliphatic heterocycles. The summed E-state index contributed by atoms with van der Waals surface area (Å²) < 4.78 is 5.14. The Balaban J connectivity index is 1.30. The summed E-state index contributed by atoms with van der Waals surface area (Å²) in [6.45, 7) is 0. The van der Waals surface area contributed by atoms with Gasteiger partial charge < -0.3 is 0 Å². The van der Waals surface area contributed by atoms with Crippen LogP contribution in [-0.4, -0.2) is 15.0 Å². The van der Waals surface area contributed by atoms with E-state index in [1.807, 2.05) is 22.7 Å². The van der Waals surface area contributed by atoms with Gasteiger partial charge >= 0.3 is 0 Å². The molecule has 0 fully saturated rings.